The first-order chi connectivity index (χ1) is 10.2. The predicted molar refractivity (Wildman–Crippen MR) is 82.5 cm³/mol. The second-order valence-corrected chi connectivity index (χ2v) is 6.73. The van der Waals surface area contributed by atoms with E-state index in [9.17, 15) is 14.9 Å². The Morgan fingerprint density at radius 2 is 1.95 bits per heavy atom. The van der Waals surface area contributed by atoms with Gasteiger partial charge in [-0.05, 0) is 38.7 Å². The summed E-state index contributed by atoms with van der Waals surface area (Å²) in [5.41, 5.74) is 0.360. The number of carbonyl (C=O) groups is 1. The summed E-state index contributed by atoms with van der Waals surface area (Å²) in [5.74, 6) is 0.607. The van der Waals surface area contributed by atoms with Crippen LogP contribution in [0.1, 0.15) is 51.6 Å². The zero-order valence-electron chi connectivity index (χ0n) is 13.2. The molecule has 1 amide bonds. The van der Waals surface area contributed by atoms with Gasteiger partial charge in [0.2, 0.25) is 0 Å². The van der Waals surface area contributed by atoms with Crippen molar-refractivity contribution in [3.05, 3.63) is 39.9 Å². The summed E-state index contributed by atoms with van der Waals surface area (Å²) in [7, 11) is 0. The van der Waals surface area contributed by atoms with Crippen LogP contribution in [-0.2, 0) is 4.74 Å². The van der Waals surface area contributed by atoms with Crippen molar-refractivity contribution in [2.45, 2.75) is 51.7 Å². The van der Waals surface area contributed by atoms with Crippen LogP contribution in [0.5, 0.6) is 0 Å². The number of hydrogen-bond acceptors (Lipinski definition) is 4. The highest BCUT2D eigenvalue weighted by Crippen LogP contribution is 2.38. The average Bonchev–Trinajstić information content (AvgIpc) is 3.20. The highest BCUT2D eigenvalue weighted by Gasteiger charge is 2.28. The fourth-order valence-electron chi connectivity index (χ4n) is 2.24. The fourth-order valence-corrected chi connectivity index (χ4v) is 2.24. The Kier molecular flexibility index (Phi) is 4.68. The lowest BCUT2D eigenvalue weighted by molar-refractivity contribution is -0.384. The number of nitro groups is 1. The molecule has 0 spiro atoms. The van der Waals surface area contributed by atoms with E-state index in [-0.39, 0.29) is 11.7 Å². The molecule has 1 saturated carbocycles. The molecular formula is C16H22N2O4. The number of amides is 1. The monoisotopic (exact) mass is 306 g/mol. The fraction of sp³-hybridized carbons (Fsp3) is 0.562. The van der Waals surface area contributed by atoms with Gasteiger partial charge in [0.15, 0.2) is 0 Å². The standard InChI is InChI=1S/C16H22N2O4/c1-16(2,3)22-15(19)17-14(10-11-4-5-11)12-6-8-13(9-7-12)18(20)21/h6-9,11,14H,4-5,10H2,1-3H3,(H,17,19). The summed E-state index contributed by atoms with van der Waals surface area (Å²) in [6.45, 7) is 5.44. The largest absolute Gasteiger partial charge is 0.444 e. The van der Waals surface area contributed by atoms with Crippen LogP contribution >= 0.6 is 0 Å². The van der Waals surface area contributed by atoms with Gasteiger partial charge in [-0.15, -0.1) is 0 Å². The normalized spacial score (nSPS) is 16.0. The Hall–Kier alpha value is -2.11. The highest BCUT2D eigenvalue weighted by atomic mass is 16.6. The van der Waals surface area contributed by atoms with Crippen molar-refractivity contribution >= 4 is 11.8 Å². The SMILES string of the molecule is CC(C)(C)OC(=O)NC(CC1CC1)c1ccc([N+](=O)[O-])cc1. The summed E-state index contributed by atoms with van der Waals surface area (Å²) in [6, 6.07) is 6.14. The second-order valence-electron chi connectivity index (χ2n) is 6.73. The Morgan fingerprint density at radius 3 is 2.41 bits per heavy atom. The van der Waals surface area contributed by atoms with Crippen LogP contribution in [0.3, 0.4) is 0 Å². The van der Waals surface area contributed by atoms with Crippen molar-refractivity contribution in [2.24, 2.45) is 5.92 Å². The van der Waals surface area contributed by atoms with Crippen LogP contribution in [0, 0.1) is 16.0 Å². The first-order valence-electron chi connectivity index (χ1n) is 7.48. The zero-order valence-corrected chi connectivity index (χ0v) is 13.2. The molecule has 1 aliphatic carbocycles. The van der Waals surface area contributed by atoms with Crippen molar-refractivity contribution in [2.75, 3.05) is 0 Å². The molecule has 120 valence electrons. The number of benzene rings is 1. The van der Waals surface area contributed by atoms with Crippen LogP contribution in [0.15, 0.2) is 24.3 Å². The number of non-ortho nitro benzene ring substituents is 1. The minimum Gasteiger partial charge on any atom is -0.444 e. The van der Waals surface area contributed by atoms with Crippen LogP contribution in [0.25, 0.3) is 0 Å². The molecule has 1 fully saturated rings. The number of hydrogen-bond donors (Lipinski definition) is 1. The van der Waals surface area contributed by atoms with Gasteiger partial charge >= 0.3 is 6.09 Å². The van der Waals surface area contributed by atoms with E-state index in [4.69, 9.17) is 4.74 Å². The first kappa shape index (κ1) is 16.3. The summed E-state index contributed by atoms with van der Waals surface area (Å²) < 4.78 is 5.30. The lowest BCUT2D eigenvalue weighted by atomic mass is 10.0. The number of rotatable bonds is 5. The Morgan fingerprint density at radius 1 is 1.36 bits per heavy atom. The van der Waals surface area contributed by atoms with E-state index in [1.807, 2.05) is 20.8 Å². The van der Waals surface area contributed by atoms with E-state index in [0.29, 0.717) is 5.92 Å². The quantitative estimate of drug-likeness (QED) is 0.659. The molecular weight excluding hydrogens is 284 g/mol. The lowest BCUT2D eigenvalue weighted by Gasteiger charge is -2.24. The van der Waals surface area contributed by atoms with Gasteiger partial charge in [-0.1, -0.05) is 25.0 Å². The smallest absolute Gasteiger partial charge is 0.408 e. The number of ether oxygens (including phenoxy) is 1. The van der Waals surface area contributed by atoms with Crippen molar-refractivity contribution in [1.29, 1.82) is 0 Å². The number of alkyl carbamates (subject to hydrolysis) is 1. The summed E-state index contributed by atoms with van der Waals surface area (Å²) in [5, 5.41) is 13.6. The predicted octanol–water partition coefficient (Wildman–Crippen LogP) is 3.96. The number of nitrogens with one attached hydrogen (secondary N) is 1. The van der Waals surface area contributed by atoms with Crippen molar-refractivity contribution in [3.8, 4) is 0 Å². The summed E-state index contributed by atoms with van der Waals surface area (Å²) in [6.07, 6.45) is 2.70. The minimum absolute atomic E-state index is 0.0474. The average molecular weight is 306 g/mol. The van der Waals surface area contributed by atoms with Crippen LogP contribution in [-0.4, -0.2) is 16.6 Å². The Balaban J connectivity index is 2.08. The third-order valence-corrected chi connectivity index (χ3v) is 3.46. The van der Waals surface area contributed by atoms with Gasteiger partial charge in [0, 0.05) is 12.1 Å². The third-order valence-electron chi connectivity index (χ3n) is 3.46. The van der Waals surface area contributed by atoms with Gasteiger partial charge in [0.25, 0.3) is 5.69 Å². The van der Waals surface area contributed by atoms with Crippen LogP contribution in [0.4, 0.5) is 10.5 Å². The van der Waals surface area contributed by atoms with Gasteiger partial charge in [-0.2, -0.15) is 0 Å². The van der Waals surface area contributed by atoms with E-state index in [1.54, 1.807) is 12.1 Å². The Labute approximate surface area is 130 Å². The minimum atomic E-state index is -0.552. The van der Waals surface area contributed by atoms with Crippen LogP contribution in [0.2, 0.25) is 0 Å². The van der Waals surface area contributed by atoms with E-state index >= 15 is 0 Å². The van der Waals surface area contributed by atoms with E-state index in [2.05, 4.69) is 5.32 Å². The molecule has 1 aromatic rings. The van der Waals surface area contributed by atoms with Gasteiger partial charge in [-0.3, -0.25) is 10.1 Å². The molecule has 6 nitrogen and oxygen atoms in total. The van der Waals surface area contributed by atoms with E-state index in [0.717, 1.165) is 12.0 Å². The van der Waals surface area contributed by atoms with Crippen molar-refractivity contribution in [3.63, 3.8) is 0 Å². The van der Waals surface area contributed by atoms with Crippen molar-refractivity contribution < 1.29 is 14.5 Å². The van der Waals surface area contributed by atoms with E-state index in [1.165, 1.54) is 25.0 Å². The molecule has 6 heteroatoms. The molecule has 0 aliphatic heterocycles. The van der Waals surface area contributed by atoms with Gasteiger partial charge in [0.05, 0.1) is 11.0 Å². The molecule has 1 aromatic carbocycles. The van der Waals surface area contributed by atoms with Crippen LogP contribution < -0.4 is 5.32 Å². The molecule has 0 saturated heterocycles. The number of nitro benzene ring substituents is 1. The first-order valence-corrected chi connectivity index (χ1v) is 7.48. The molecule has 1 unspecified atom stereocenters. The molecule has 0 heterocycles. The molecule has 1 N–H and O–H groups in total. The summed E-state index contributed by atoms with van der Waals surface area (Å²) in [4.78, 5) is 22.3. The zero-order chi connectivity index (χ0) is 16.3. The molecule has 2 rings (SSSR count). The molecule has 0 aromatic heterocycles. The van der Waals surface area contributed by atoms with Gasteiger partial charge in [-0.25, -0.2) is 4.79 Å². The maximum Gasteiger partial charge on any atom is 0.408 e. The molecule has 1 aliphatic rings. The molecule has 1 atom stereocenters. The molecule has 0 bridgehead atoms. The number of nitrogens with zero attached hydrogens (tertiary/aromatic N) is 1. The Bertz CT molecular complexity index is 544. The lowest BCUT2D eigenvalue weighted by Crippen LogP contribution is -2.35. The van der Waals surface area contributed by atoms with E-state index < -0.39 is 16.6 Å². The maximum absolute atomic E-state index is 12.0. The van der Waals surface area contributed by atoms with Gasteiger partial charge in [0.1, 0.15) is 5.60 Å². The van der Waals surface area contributed by atoms with Crippen molar-refractivity contribution in [1.82, 2.24) is 5.32 Å². The summed E-state index contributed by atoms with van der Waals surface area (Å²) >= 11 is 0. The maximum atomic E-state index is 12.0. The van der Waals surface area contributed by atoms with Gasteiger partial charge < -0.3 is 10.1 Å². The highest BCUT2D eigenvalue weighted by molar-refractivity contribution is 5.68. The molecule has 0 radical (unpaired) electrons. The third kappa shape index (κ3) is 5.02. The second kappa shape index (κ2) is 6.34. The molecule has 22 heavy (non-hydrogen) atoms. The number of carbonyl (C=O) groups excluding carboxylic acids is 1. The topological polar surface area (TPSA) is 81.5 Å².